The summed E-state index contributed by atoms with van der Waals surface area (Å²) in [6, 6.07) is 8.73. The first-order valence-corrected chi connectivity index (χ1v) is 12.8. The molecule has 1 saturated carbocycles. The Kier molecular flexibility index (Phi) is 8.73. The number of aryl methyl sites for hydroxylation is 1. The van der Waals surface area contributed by atoms with Gasteiger partial charge < -0.3 is 9.88 Å². The summed E-state index contributed by atoms with van der Waals surface area (Å²) in [5.74, 6) is 1.98. The van der Waals surface area contributed by atoms with Gasteiger partial charge in [0, 0.05) is 40.5 Å². The highest BCUT2D eigenvalue weighted by atomic mass is 79.9. The minimum absolute atomic E-state index is 0.117. The van der Waals surface area contributed by atoms with E-state index in [4.69, 9.17) is 0 Å². The lowest BCUT2D eigenvalue weighted by Gasteiger charge is -2.16. The van der Waals surface area contributed by atoms with Crippen molar-refractivity contribution in [3.05, 3.63) is 34.6 Å². The van der Waals surface area contributed by atoms with Gasteiger partial charge in [-0.15, -0.1) is 22.0 Å². The third-order valence-electron chi connectivity index (χ3n) is 4.92. The van der Waals surface area contributed by atoms with Gasteiger partial charge in [-0.1, -0.05) is 40.5 Å². The van der Waals surface area contributed by atoms with Crippen molar-refractivity contribution in [1.29, 1.82) is 0 Å². The fraction of sp³-hybridized carbons (Fsp3) is 0.550. The van der Waals surface area contributed by atoms with Gasteiger partial charge in [0.2, 0.25) is 5.91 Å². The van der Waals surface area contributed by atoms with E-state index in [1.807, 2.05) is 12.1 Å². The fourth-order valence-corrected chi connectivity index (χ4v) is 5.19. The number of halogens is 1. The molecular formula is C20H27BrN4OS2. The minimum atomic E-state index is 0.117. The molecule has 5 nitrogen and oxygen atoms in total. The predicted molar refractivity (Wildman–Crippen MR) is 120 cm³/mol. The standard InChI is InChI=1S/C20H27BrN4OS2/c1-27-20-24-23-18(25(20)16-5-2-3-6-16)7-4-13-22-19(26)12-14-28-17-10-8-15(21)9-11-17/h8-11,16H,2-7,12-14H2,1H3,(H,22,26). The van der Waals surface area contributed by atoms with E-state index in [9.17, 15) is 4.79 Å². The molecule has 0 aliphatic heterocycles. The van der Waals surface area contributed by atoms with Crippen LogP contribution in [0.1, 0.15) is 50.4 Å². The maximum Gasteiger partial charge on any atom is 0.220 e. The van der Waals surface area contributed by atoms with Gasteiger partial charge in [0.05, 0.1) is 0 Å². The van der Waals surface area contributed by atoms with Crippen molar-refractivity contribution in [2.75, 3.05) is 18.6 Å². The minimum Gasteiger partial charge on any atom is -0.356 e. The quantitative estimate of drug-likeness (QED) is 0.376. The third kappa shape index (κ3) is 6.26. The number of carbonyl (C=O) groups excluding carboxylic acids is 1. The molecule has 2 aromatic rings. The highest BCUT2D eigenvalue weighted by Gasteiger charge is 2.23. The van der Waals surface area contributed by atoms with Crippen molar-refractivity contribution in [3.8, 4) is 0 Å². The normalized spacial score (nSPS) is 14.5. The van der Waals surface area contributed by atoms with Gasteiger partial charge in [0.25, 0.3) is 0 Å². The molecule has 28 heavy (non-hydrogen) atoms. The van der Waals surface area contributed by atoms with E-state index in [1.165, 1.54) is 30.6 Å². The van der Waals surface area contributed by atoms with Crippen LogP contribution in [0.2, 0.25) is 0 Å². The van der Waals surface area contributed by atoms with Crippen molar-refractivity contribution in [2.45, 2.75) is 61.0 Å². The van der Waals surface area contributed by atoms with Crippen LogP contribution in [-0.4, -0.2) is 39.2 Å². The number of hydrogen-bond acceptors (Lipinski definition) is 5. The van der Waals surface area contributed by atoms with Gasteiger partial charge in [0.15, 0.2) is 5.16 Å². The van der Waals surface area contributed by atoms with Crippen LogP contribution in [0, 0.1) is 0 Å². The lowest BCUT2D eigenvalue weighted by atomic mass is 10.2. The Balaban J connectivity index is 1.37. The van der Waals surface area contributed by atoms with Crippen molar-refractivity contribution in [3.63, 3.8) is 0 Å². The molecule has 1 aliphatic carbocycles. The number of benzene rings is 1. The van der Waals surface area contributed by atoms with Crippen LogP contribution >= 0.6 is 39.5 Å². The highest BCUT2D eigenvalue weighted by Crippen LogP contribution is 2.33. The average molecular weight is 484 g/mol. The fourth-order valence-electron chi connectivity index (χ4n) is 3.50. The molecule has 0 bridgehead atoms. The molecule has 1 aromatic carbocycles. The summed E-state index contributed by atoms with van der Waals surface area (Å²) in [5, 5.41) is 12.8. The van der Waals surface area contributed by atoms with Gasteiger partial charge in [-0.3, -0.25) is 4.79 Å². The molecule has 0 saturated heterocycles. The maximum atomic E-state index is 12.1. The van der Waals surface area contributed by atoms with Crippen molar-refractivity contribution in [1.82, 2.24) is 20.1 Å². The molecule has 1 amide bonds. The summed E-state index contributed by atoms with van der Waals surface area (Å²) in [5.41, 5.74) is 0. The van der Waals surface area contributed by atoms with Gasteiger partial charge in [-0.05, 0) is 49.8 Å². The predicted octanol–water partition coefficient (Wildman–Crippen LogP) is 5.11. The molecule has 0 unspecified atom stereocenters. The Labute approximate surface area is 184 Å². The summed E-state index contributed by atoms with van der Waals surface area (Å²) in [7, 11) is 0. The van der Waals surface area contributed by atoms with Crippen molar-refractivity contribution < 1.29 is 4.79 Å². The molecule has 0 spiro atoms. The molecule has 0 atom stereocenters. The van der Waals surface area contributed by atoms with Crippen LogP contribution in [0.25, 0.3) is 0 Å². The molecular weight excluding hydrogens is 456 g/mol. The summed E-state index contributed by atoms with van der Waals surface area (Å²) in [4.78, 5) is 13.2. The van der Waals surface area contributed by atoms with Crippen molar-refractivity contribution >= 4 is 45.4 Å². The van der Waals surface area contributed by atoms with Crippen LogP contribution in [-0.2, 0) is 11.2 Å². The Morgan fingerprint density at radius 1 is 1.25 bits per heavy atom. The van der Waals surface area contributed by atoms with Crippen LogP contribution < -0.4 is 5.32 Å². The number of nitrogens with zero attached hydrogens (tertiary/aromatic N) is 3. The number of carbonyl (C=O) groups is 1. The lowest BCUT2D eigenvalue weighted by molar-refractivity contribution is -0.120. The largest absolute Gasteiger partial charge is 0.356 e. The number of hydrogen-bond donors (Lipinski definition) is 1. The van der Waals surface area contributed by atoms with Gasteiger partial charge in [-0.2, -0.15) is 0 Å². The molecule has 0 radical (unpaired) electrons. The summed E-state index contributed by atoms with van der Waals surface area (Å²) < 4.78 is 3.41. The second-order valence-corrected chi connectivity index (χ2v) is 9.77. The van der Waals surface area contributed by atoms with E-state index in [0.717, 1.165) is 34.0 Å². The number of rotatable bonds is 10. The topological polar surface area (TPSA) is 59.8 Å². The smallest absolute Gasteiger partial charge is 0.220 e. The van der Waals surface area contributed by atoms with E-state index in [-0.39, 0.29) is 5.91 Å². The SMILES string of the molecule is CSc1nnc(CCCNC(=O)CCSc2ccc(Br)cc2)n1C1CCCC1. The first-order chi connectivity index (χ1) is 13.7. The Morgan fingerprint density at radius 2 is 2.00 bits per heavy atom. The number of nitrogens with one attached hydrogen (secondary N) is 1. The number of thioether (sulfide) groups is 2. The zero-order chi connectivity index (χ0) is 19.8. The van der Waals surface area contributed by atoms with E-state index < -0.39 is 0 Å². The molecule has 8 heteroatoms. The van der Waals surface area contributed by atoms with Crippen LogP contribution in [0.15, 0.2) is 38.8 Å². The summed E-state index contributed by atoms with van der Waals surface area (Å²) in [6.45, 7) is 0.688. The monoisotopic (exact) mass is 482 g/mol. The van der Waals surface area contributed by atoms with Gasteiger partial charge >= 0.3 is 0 Å². The Bertz CT molecular complexity index is 760. The van der Waals surface area contributed by atoms with Crippen molar-refractivity contribution in [2.24, 2.45) is 0 Å². The van der Waals surface area contributed by atoms with E-state index >= 15 is 0 Å². The van der Waals surface area contributed by atoms with Crippen LogP contribution in [0.5, 0.6) is 0 Å². The van der Waals surface area contributed by atoms with E-state index in [1.54, 1.807) is 23.5 Å². The molecule has 1 aliphatic rings. The molecule has 1 heterocycles. The second-order valence-electron chi connectivity index (χ2n) is 6.92. The van der Waals surface area contributed by atoms with Gasteiger partial charge in [0.1, 0.15) is 5.82 Å². The number of aromatic nitrogens is 3. The first-order valence-electron chi connectivity index (χ1n) is 9.80. The molecule has 152 valence electrons. The molecule has 1 fully saturated rings. The molecule has 1 aromatic heterocycles. The van der Waals surface area contributed by atoms with Crippen LogP contribution in [0.3, 0.4) is 0 Å². The average Bonchev–Trinajstić information content (AvgIpc) is 3.36. The first kappa shape index (κ1) is 21.7. The van der Waals surface area contributed by atoms with E-state index in [2.05, 4.69) is 54.4 Å². The summed E-state index contributed by atoms with van der Waals surface area (Å²) in [6.07, 6.45) is 9.40. The Hall–Kier alpha value is -0.990. The Morgan fingerprint density at radius 3 is 2.71 bits per heavy atom. The zero-order valence-electron chi connectivity index (χ0n) is 16.2. The van der Waals surface area contributed by atoms with Crippen LogP contribution in [0.4, 0.5) is 0 Å². The molecule has 3 rings (SSSR count). The van der Waals surface area contributed by atoms with E-state index in [0.29, 0.717) is 19.0 Å². The second kappa shape index (κ2) is 11.3. The highest BCUT2D eigenvalue weighted by molar-refractivity contribution is 9.10. The molecule has 1 N–H and O–H groups in total. The van der Waals surface area contributed by atoms with Gasteiger partial charge in [-0.25, -0.2) is 0 Å². The maximum absolute atomic E-state index is 12.1. The lowest BCUT2D eigenvalue weighted by Crippen LogP contribution is -2.25. The summed E-state index contributed by atoms with van der Waals surface area (Å²) >= 11 is 6.81. The third-order valence-corrected chi connectivity index (χ3v) is 7.10. The number of amides is 1. The zero-order valence-corrected chi connectivity index (χ0v) is 19.4.